The standard InChI is InChI=1S/C15H20Cl2N4/c1-4-7-18-14(13-6-5-11(16)9-19-13)8-12-10(2)20-21(3)15(12)17/h5-6,9,14,18H,4,7-8H2,1-3H3. The quantitative estimate of drug-likeness (QED) is 0.879. The van der Waals surface area contributed by atoms with Crippen molar-refractivity contribution in [3.8, 4) is 0 Å². The molecule has 0 aliphatic heterocycles. The first-order valence-corrected chi connectivity index (χ1v) is 7.81. The van der Waals surface area contributed by atoms with E-state index in [0.717, 1.165) is 36.3 Å². The number of nitrogens with zero attached hydrogens (tertiary/aromatic N) is 3. The fourth-order valence-corrected chi connectivity index (χ4v) is 2.67. The van der Waals surface area contributed by atoms with E-state index < -0.39 is 0 Å². The molecule has 1 unspecified atom stereocenters. The highest BCUT2D eigenvalue weighted by atomic mass is 35.5. The lowest BCUT2D eigenvalue weighted by molar-refractivity contribution is 0.517. The second-order valence-electron chi connectivity index (χ2n) is 5.09. The smallest absolute Gasteiger partial charge is 0.130 e. The molecule has 0 saturated carbocycles. The summed E-state index contributed by atoms with van der Waals surface area (Å²) in [7, 11) is 1.86. The van der Waals surface area contributed by atoms with Crippen molar-refractivity contribution in [3.05, 3.63) is 45.5 Å². The average Bonchev–Trinajstić information content (AvgIpc) is 2.70. The Hall–Kier alpha value is -1.10. The van der Waals surface area contributed by atoms with Crippen molar-refractivity contribution in [1.82, 2.24) is 20.1 Å². The summed E-state index contributed by atoms with van der Waals surface area (Å²) in [5, 5.41) is 9.21. The van der Waals surface area contributed by atoms with E-state index in [4.69, 9.17) is 23.2 Å². The largest absolute Gasteiger partial charge is 0.308 e. The van der Waals surface area contributed by atoms with Crippen LogP contribution in [0.15, 0.2) is 18.3 Å². The van der Waals surface area contributed by atoms with Gasteiger partial charge < -0.3 is 5.32 Å². The first kappa shape index (κ1) is 16.3. The number of hydrogen-bond donors (Lipinski definition) is 1. The number of aryl methyl sites for hydroxylation is 2. The van der Waals surface area contributed by atoms with Crippen LogP contribution in [0.3, 0.4) is 0 Å². The van der Waals surface area contributed by atoms with Crippen molar-refractivity contribution in [2.75, 3.05) is 6.54 Å². The van der Waals surface area contributed by atoms with Gasteiger partial charge in [0.15, 0.2) is 0 Å². The van der Waals surface area contributed by atoms with Gasteiger partial charge in [-0.15, -0.1) is 0 Å². The summed E-state index contributed by atoms with van der Waals surface area (Å²) in [6.45, 7) is 5.04. The van der Waals surface area contributed by atoms with Gasteiger partial charge in [-0.25, -0.2) is 0 Å². The zero-order valence-electron chi connectivity index (χ0n) is 12.5. The number of rotatable bonds is 6. The van der Waals surface area contributed by atoms with Crippen LogP contribution in [0.2, 0.25) is 10.2 Å². The Kier molecular flexibility index (Phi) is 5.62. The molecule has 6 heteroatoms. The third kappa shape index (κ3) is 3.96. The summed E-state index contributed by atoms with van der Waals surface area (Å²) in [6.07, 6.45) is 3.49. The van der Waals surface area contributed by atoms with Gasteiger partial charge in [0.2, 0.25) is 0 Å². The zero-order valence-corrected chi connectivity index (χ0v) is 14.0. The van der Waals surface area contributed by atoms with E-state index in [0.29, 0.717) is 10.2 Å². The summed E-state index contributed by atoms with van der Waals surface area (Å²) < 4.78 is 1.71. The van der Waals surface area contributed by atoms with Gasteiger partial charge in [-0.2, -0.15) is 5.10 Å². The molecular weight excluding hydrogens is 307 g/mol. The van der Waals surface area contributed by atoms with Crippen LogP contribution in [0.25, 0.3) is 0 Å². The van der Waals surface area contributed by atoms with Gasteiger partial charge >= 0.3 is 0 Å². The molecule has 2 aromatic rings. The van der Waals surface area contributed by atoms with Crippen LogP contribution in [-0.4, -0.2) is 21.3 Å². The van der Waals surface area contributed by atoms with Crippen molar-refractivity contribution < 1.29 is 0 Å². The molecule has 4 nitrogen and oxygen atoms in total. The Bertz CT molecular complexity index is 592. The van der Waals surface area contributed by atoms with Gasteiger partial charge in [-0.3, -0.25) is 9.67 Å². The third-order valence-electron chi connectivity index (χ3n) is 3.43. The van der Waals surface area contributed by atoms with E-state index >= 15 is 0 Å². The maximum atomic E-state index is 6.34. The van der Waals surface area contributed by atoms with Crippen LogP contribution in [0.5, 0.6) is 0 Å². The molecule has 0 aromatic carbocycles. The topological polar surface area (TPSA) is 42.7 Å². The summed E-state index contributed by atoms with van der Waals surface area (Å²) in [4.78, 5) is 4.43. The van der Waals surface area contributed by atoms with Crippen LogP contribution < -0.4 is 5.32 Å². The molecule has 0 saturated heterocycles. The molecule has 2 heterocycles. The van der Waals surface area contributed by atoms with Crippen molar-refractivity contribution in [2.24, 2.45) is 7.05 Å². The molecular formula is C15H20Cl2N4. The van der Waals surface area contributed by atoms with Crippen LogP contribution in [0.1, 0.15) is 36.3 Å². The summed E-state index contributed by atoms with van der Waals surface area (Å²) in [5.74, 6) is 0. The Balaban J connectivity index is 2.25. The van der Waals surface area contributed by atoms with Crippen LogP contribution >= 0.6 is 23.2 Å². The van der Waals surface area contributed by atoms with E-state index in [1.165, 1.54) is 0 Å². The first-order chi connectivity index (χ1) is 10.0. The number of hydrogen-bond acceptors (Lipinski definition) is 3. The minimum Gasteiger partial charge on any atom is -0.308 e. The molecule has 114 valence electrons. The van der Waals surface area contributed by atoms with Gasteiger partial charge in [0, 0.05) is 18.8 Å². The SMILES string of the molecule is CCCNC(Cc1c(C)nn(C)c1Cl)c1ccc(Cl)cn1. The third-order valence-corrected chi connectivity index (χ3v) is 4.12. The molecule has 0 spiro atoms. The lowest BCUT2D eigenvalue weighted by atomic mass is 10.0. The van der Waals surface area contributed by atoms with Crippen molar-refractivity contribution in [2.45, 2.75) is 32.7 Å². The molecule has 0 aliphatic carbocycles. The highest BCUT2D eigenvalue weighted by molar-refractivity contribution is 6.30. The van der Waals surface area contributed by atoms with E-state index in [1.807, 2.05) is 26.1 Å². The van der Waals surface area contributed by atoms with Crippen molar-refractivity contribution >= 4 is 23.2 Å². The Morgan fingerprint density at radius 2 is 2.10 bits per heavy atom. The van der Waals surface area contributed by atoms with Crippen molar-refractivity contribution in [1.29, 1.82) is 0 Å². The molecule has 1 atom stereocenters. The lowest BCUT2D eigenvalue weighted by Gasteiger charge is -2.18. The molecule has 0 amide bonds. The van der Waals surface area contributed by atoms with Gasteiger partial charge in [0.05, 0.1) is 22.5 Å². The van der Waals surface area contributed by atoms with Crippen LogP contribution in [0, 0.1) is 6.92 Å². The minimum absolute atomic E-state index is 0.0996. The first-order valence-electron chi connectivity index (χ1n) is 7.05. The number of nitrogens with one attached hydrogen (secondary N) is 1. The van der Waals surface area contributed by atoms with Crippen LogP contribution in [-0.2, 0) is 13.5 Å². The Morgan fingerprint density at radius 3 is 2.62 bits per heavy atom. The maximum Gasteiger partial charge on any atom is 0.130 e. The molecule has 0 radical (unpaired) electrons. The summed E-state index contributed by atoms with van der Waals surface area (Å²) in [6, 6.07) is 3.92. The normalized spacial score (nSPS) is 12.6. The van der Waals surface area contributed by atoms with Gasteiger partial charge in [-0.05, 0) is 38.4 Å². The number of aromatic nitrogens is 3. The number of halogens is 2. The lowest BCUT2D eigenvalue weighted by Crippen LogP contribution is -2.25. The highest BCUT2D eigenvalue weighted by Crippen LogP contribution is 2.25. The Morgan fingerprint density at radius 1 is 1.33 bits per heavy atom. The van der Waals surface area contributed by atoms with Crippen LogP contribution in [0.4, 0.5) is 0 Å². The molecule has 21 heavy (non-hydrogen) atoms. The van der Waals surface area contributed by atoms with E-state index in [1.54, 1.807) is 10.9 Å². The summed E-state index contributed by atoms with van der Waals surface area (Å²) >= 11 is 12.3. The fourth-order valence-electron chi connectivity index (χ4n) is 2.30. The minimum atomic E-state index is 0.0996. The molecule has 0 fully saturated rings. The molecule has 0 bridgehead atoms. The fraction of sp³-hybridized carbons (Fsp3) is 0.467. The maximum absolute atomic E-state index is 6.34. The summed E-state index contributed by atoms with van der Waals surface area (Å²) in [5.41, 5.74) is 2.98. The molecule has 2 rings (SSSR count). The van der Waals surface area contributed by atoms with E-state index in [2.05, 4.69) is 22.3 Å². The van der Waals surface area contributed by atoms with Gasteiger partial charge in [0.1, 0.15) is 5.15 Å². The molecule has 1 N–H and O–H groups in total. The Labute approximate surface area is 135 Å². The zero-order chi connectivity index (χ0) is 15.4. The van der Waals surface area contributed by atoms with Crippen molar-refractivity contribution in [3.63, 3.8) is 0 Å². The predicted molar refractivity (Wildman–Crippen MR) is 86.9 cm³/mol. The average molecular weight is 327 g/mol. The molecule has 0 aliphatic rings. The second-order valence-corrected chi connectivity index (χ2v) is 5.88. The highest BCUT2D eigenvalue weighted by Gasteiger charge is 2.19. The molecule has 2 aromatic heterocycles. The second kappa shape index (κ2) is 7.25. The predicted octanol–water partition coefficient (Wildman–Crippen LogP) is 3.71. The monoisotopic (exact) mass is 326 g/mol. The van der Waals surface area contributed by atoms with E-state index in [9.17, 15) is 0 Å². The van der Waals surface area contributed by atoms with Gasteiger partial charge in [0.25, 0.3) is 0 Å². The van der Waals surface area contributed by atoms with E-state index in [-0.39, 0.29) is 6.04 Å². The number of pyridine rings is 1. The van der Waals surface area contributed by atoms with Gasteiger partial charge in [-0.1, -0.05) is 30.1 Å².